The van der Waals surface area contributed by atoms with Crippen molar-refractivity contribution in [2.75, 3.05) is 0 Å². The summed E-state index contributed by atoms with van der Waals surface area (Å²) >= 11 is 3.55. The lowest BCUT2D eigenvalue weighted by atomic mass is 10.0. The normalized spacial score (nSPS) is 11.9. The van der Waals surface area contributed by atoms with E-state index in [2.05, 4.69) is 154 Å². The minimum Gasteiger partial charge on any atom is -0.309 e. The molecule has 0 radical (unpaired) electrons. The van der Waals surface area contributed by atoms with Gasteiger partial charge in [-0.05, 0) is 81.2 Å². The predicted octanol–water partition coefficient (Wildman–Crippen LogP) is 10.0. The van der Waals surface area contributed by atoms with Gasteiger partial charge in [0, 0.05) is 20.9 Å². The van der Waals surface area contributed by atoms with Gasteiger partial charge in [0.2, 0.25) is 0 Å². The van der Waals surface area contributed by atoms with Crippen LogP contribution >= 0.6 is 15.9 Å². The molecule has 7 aromatic rings. The minimum absolute atomic E-state index is 1.11. The molecule has 170 valence electrons. The van der Waals surface area contributed by atoms with E-state index in [4.69, 9.17) is 0 Å². The summed E-state index contributed by atoms with van der Waals surface area (Å²) in [5.41, 5.74) is 6.06. The molecule has 0 N–H and O–H groups in total. The van der Waals surface area contributed by atoms with Crippen molar-refractivity contribution in [1.82, 2.24) is 4.57 Å². The fraction of sp³-hybridized carbons (Fsp3) is 0. The Hall–Kier alpha value is -4.14. The quantitative estimate of drug-likeness (QED) is 0.203. The predicted molar refractivity (Wildman–Crippen MR) is 159 cm³/mol. The molecule has 0 spiro atoms. The van der Waals surface area contributed by atoms with E-state index in [1.807, 2.05) is 0 Å². The Morgan fingerprint density at radius 2 is 0.972 bits per heavy atom. The smallest absolute Gasteiger partial charge is 0.0541 e. The van der Waals surface area contributed by atoms with Gasteiger partial charge in [-0.15, -0.1) is 0 Å². The van der Waals surface area contributed by atoms with Crippen molar-refractivity contribution in [2.45, 2.75) is 0 Å². The third-order valence-electron chi connectivity index (χ3n) is 6.98. The van der Waals surface area contributed by atoms with Gasteiger partial charge in [0.25, 0.3) is 0 Å². The molecule has 6 aromatic carbocycles. The molecule has 1 aromatic heterocycles. The second-order valence-electron chi connectivity index (χ2n) is 9.24. The number of benzene rings is 6. The maximum absolute atomic E-state index is 3.55. The largest absolute Gasteiger partial charge is 0.309 e. The van der Waals surface area contributed by atoms with Gasteiger partial charge in [-0.1, -0.05) is 101 Å². The molecule has 1 heterocycles. The highest BCUT2D eigenvalue weighted by Crippen LogP contribution is 2.33. The average molecular weight is 524 g/mol. The monoisotopic (exact) mass is 523 g/mol. The Kier molecular flexibility index (Phi) is 5.00. The Bertz CT molecular complexity index is 1900. The summed E-state index contributed by atoms with van der Waals surface area (Å²) in [6.45, 7) is 0. The van der Waals surface area contributed by atoms with E-state index in [0.29, 0.717) is 0 Å². The first-order valence-corrected chi connectivity index (χ1v) is 12.9. The molecule has 0 amide bonds. The number of hydrogen-bond donors (Lipinski definition) is 0. The second kappa shape index (κ2) is 8.51. The maximum Gasteiger partial charge on any atom is 0.0541 e. The minimum atomic E-state index is 1.11. The summed E-state index contributed by atoms with van der Waals surface area (Å²) in [6, 6.07) is 43.7. The van der Waals surface area contributed by atoms with Gasteiger partial charge >= 0.3 is 0 Å². The molecule has 36 heavy (non-hydrogen) atoms. The van der Waals surface area contributed by atoms with Crippen LogP contribution in [0.4, 0.5) is 0 Å². The Morgan fingerprint density at radius 1 is 0.472 bits per heavy atom. The number of halogens is 1. The van der Waals surface area contributed by atoms with Crippen LogP contribution < -0.4 is 0 Å². The van der Waals surface area contributed by atoms with Crippen LogP contribution in [0.25, 0.3) is 61.2 Å². The Morgan fingerprint density at radius 3 is 1.61 bits per heavy atom. The van der Waals surface area contributed by atoms with Crippen LogP contribution in [0.3, 0.4) is 0 Å². The van der Waals surface area contributed by atoms with Crippen LogP contribution in [-0.4, -0.2) is 4.57 Å². The SMILES string of the molecule is Brc1ccc2cc(/C=C/c3ccc4cc(-n5c6ccccc6c6ccccc65)ccc4c3)ccc2c1. The summed E-state index contributed by atoms with van der Waals surface area (Å²) in [4.78, 5) is 0. The van der Waals surface area contributed by atoms with E-state index in [-0.39, 0.29) is 0 Å². The molecule has 0 unspecified atom stereocenters. The zero-order valence-corrected chi connectivity index (χ0v) is 21.1. The van der Waals surface area contributed by atoms with Crippen molar-refractivity contribution in [3.63, 3.8) is 0 Å². The van der Waals surface area contributed by atoms with E-state index in [1.54, 1.807) is 0 Å². The summed E-state index contributed by atoms with van der Waals surface area (Å²) in [6.07, 6.45) is 4.38. The van der Waals surface area contributed by atoms with Crippen LogP contribution in [-0.2, 0) is 0 Å². The summed E-state index contributed by atoms with van der Waals surface area (Å²) in [7, 11) is 0. The molecule has 0 aliphatic carbocycles. The zero-order valence-electron chi connectivity index (χ0n) is 19.5. The van der Waals surface area contributed by atoms with Crippen LogP contribution in [0.5, 0.6) is 0 Å². The number of hydrogen-bond acceptors (Lipinski definition) is 0. The fourth-order valence-electron chi connectivity index (χ4n) is 5.23. The van der Waals surface area contributed by atoms with Crippen LogP contribution in [0, 0.1) is 0 Å². The molecule has 0 atom stereocenters. The van der Waals surface area contributed by atoms with Gasteiger partial charge in [-0.2, -0.15) is 0 Å². The van der Waals surface area contributed by atoms with Crippen molar-refractivity contribution in [3.05, 3.63) is 137 Å². The first-order valence-electron chi connectivity index (χ1n) is 12.1. The lowest BCUT2D eigenvalue weighted by molar-refractivity contribution is 1.19. The van der Waals surface area contributed by atoms with E-state index in [1.165, 1.54) is 60.2 Å². The standard InChI is InChI=1S/C34H22BrN/c35-29-17-15-25-19-23(11-13-27(25)21-29)9-10-24-12-14-28-22-30(18-16-26(28)20-24)36-33-7-3-1-5-31(33)32-6-2-4-8-34(32)36/h1-22H/b10-9+. The number of aromatic nitrogens is 1. The number of fused-ring (bicyclic) bond motifs is 5. The lowest BCUT2D eigenvalue weighted by Gasteiger charge is -2.10. The van der Waals surface area contributed by atoms with Gasteiger partial charge in [0.05, 0.1) is 11.0 Å². The topological polar surface area (TPSA) is 4.93 Å². The third kappa shape index (κ3) is 3.62. The first kappa shape index (κ1) is 21.2. The van der Waals surface area contributed by atoms with Gasteiger partial charge in [-0.25, -0.2) is 0 Å². The van der Waals surface area contributed by atoms with Crippen molar-refractivity contribution in [1.29, 1.82) is 0 Å². The highest BCUT2D eigenvalue weighted by atomic mass is 79.9. The van der Waals surface area contributed by atoms with E-state index in [0.717, 1.165) is 4.47 Å². The van der Waals surface area contributed by atoms with E-state index >= 15 is 0 Å². The molecule has 0 saturated carbocycles. The first-order chi connectivity index (χ1) is 17.7. The fourth-order valence-corrected chi connectivity index (χ4v) is 5.61. The van der Waals surface area contributed by atoms with Gasteiger partial charge in [-0.3, -0.25) is 0 Å². The molecule has 1 nitrogen and oxygen atoms in total. The third-order valence-corrected chi connectivity index (χ3v) is 7.47. The molecule has 0 aliphatic rings. The van der Waals surface area contributed by atoms with Crippen molar-refractivity contribution < 1.29 is 0 Å². The van der Waals surface area contributed by atoms with Crippen molar-refractivity contribution >= 4 is 71.4 Å². The van der Waals surface area contributed by atoms with Crippen molar-refractivity contribution in [2.24, 2.45) is 0 Å². The summed E-state index contributed by atoms with van der Waals surface area (Å²) in [5.74, 6) is 0. The van der Waals surface area contributed by atoms with Crippen LogP contribution in [0.15, 0.2) is 126 Å². The molecule has 0 fully saturated rings. The van der Waals surface area contributed by atoms with Crippen LogP contribution in [0.1, 0.15) is 11.1 Å². The second-order valence-corrected chi connectivity index (χ2v) is 10.2. The van der Waals surface area contributed by atoms with Crippen LogP contribution in [0.2, 0.25) is 0 Å². The molecule has 2 heteroatoms. The zero-order chi connectivity index (χ0) is 24.1. The summed E-state index contributed by atoms with van der Waals surface area (Å²) in [5, 5.41) is 7.54. The molecular formula is C34H22BrN. The van der Waals surface area contributed by atoms with Gasteiger partial charge in [0.1, 0.15) is 0 Å². The molecule has 7 rings (SSSR count). The van der Waals surface area contributed by atoms with Gasteiger partial charge < -0.3 is 4.57 Å². The number of para-hydroxylation sites is 2. The molecule has 0 aliphatic heterocycles. The highest BCUT2D eigenvalue weighted by Gasteiger charge is 2.11. The van der Waals surface area contributed by atoms with E-state index in [9.17, 15) is 0 Å². The van der Waals surface area contributed by atoms with Crippen molar-refractivity contribution in [3.8, 4) is 5.69 Å². The lowest BCUT2D eigenvalue weighted by Crippen LogP contribution is -1.93. The van der Waals surface area contributed by atoms with E-state index < -0.39 is 0 Å². The maximum atomic E-state index is 3.55. The Balaban J connectivity index is 1.26. The number of rotatable bonds is 3. The molecular weight excluding hydrogens is 502 g/mol. The highest BCUT2D eigenvalue weighted by molar-refractivity contribution is 9.10. The average Bonchev–Trinajstić information content (AvgIpc) is 3.26. The molecule has 0 bridgehead atoms. The molecule has 0 saturated heterocycles. The van der Waals surface area contributed by atoms with Gasteiger partial charge in [0.15, 0.2) is 0 Å². The summed E-state index contributed by atoms with van der Waals surface area (Å²) < 4.78 is 3.48. The Labute approximate surface area is 218 Å². The number of nitrogens with zero attached hydrogens (tertiary/aromatic N) is 1.